The number of aliphatic carboxylic acids is 1. The average Bonchev–Trinajstić information content (AvgIpc) is 2.89. The van der Waals surface area contributed by atoms with Crippen molar-refractivity contribution in [1.29, 1.82) is 0 Å². The molecule has 0 saturated heterocycles. The van der Waals surface area contributed by atoms with Crippen molar-refractivity contribution in [3.63, 3.8) is 0 Å². The molecule has 0 aromatic carbocycles. The second-order valence-corrected chi connectivity index (χ2v) is 6.84. The van der Waals surface area contributed by atoms with E-state index < -0.39 is 5.97 Å². The Labute approximate surface area is 146 Å². The summed E-state index contributed by atoms with van der Waals surface area (Å²) in [6.07, 6.45) is 11.6. The highest BCUT2D eigenvalue weighted by Crippen LogP contribution is 2.34. The van der Waals surface area contributed by atoms with Crippen LogP contribution in [0.3, 0.4) is 0 Å². The number of unbranched alkanes of at least 4 members (excludes halogenated alkanes) is 6. The van der Waals surface area contributed by atoms with E-state index in [-0.39, 0.29) is 18.5 Å². The smallest absolute Gasteiger partial charge is 0.307 e. The number of carboxylic acid groups (broad SMARTS) is 1. The quantitative estimate of drug-likeness (QED) is 0.277. The van der Waals surface area contributed by atoms with Crippen molar-refractivity contribution in [2.75, 3.05) is 0 Å². The van der Waals surface area contributed by atoms with Crippen molar-refractivity contribution in [3.05, 3.63) is 11.1 Å². The summed E-state index contributed by atoms with van der Waals surface area (Å²) in [6, 6.07) is 0. The third-order valence-electron chi connectivity index (χ3n) is 4.72. The van der Waals surface area contributed by atoms with Crippen LogP contribution in [0, 0.1) is 0 Å². The molecule has 0 amide bonds. The Kier molecular flexibility index (Phi) is 10.4. The number of hydrogen-bond donors (Lipinski definition) is 1. The van der Waals surface area contributed by atoms with E-state index in [0.29, 0.717) is 6.42 Å². The summed E-state index contributed by atoms with van der Waals surface area (Å²) < 4.78 is 5.68. The summed E-state index contributed by atoms with van der Waals surface area (Å²) in [7, 11) is 0. The van der Waals surface area contributed by atoms with Crippen LogP contribution >= 0.6 is 0 Å². The fraction of sp³-hybridized carbons (Fsp3) is 0.800. The van der Waals surface area contributed by atoms with Crippen LogP contribution in [0.5, 0.6) is 0 Å². The Morgan fingerprint density at radius 1 is 1.04 bits per heavy atom. The van der Waals surface area contributed by atoms with Gasteiger partial charge in [-0.05, 0) is 37.7 Å². The van der Waals surface area contributed by atoms with Gasteiger partial charge in [0.1, 0.15) is 6.10 Å². The minimum Gasteiger partial charge on any atom is -0.481 e. The Balaban J connectivity index is 2.49. The molecule has 4 nitrogen and oxygen atoms in total. The van der Waals surface area contributed by atoms with Gasteiger partial charge in [-0.15, -0.1) is 0 Å². The summed E-state index contributed by atoms with van der Waals surface area (Å²) in [5.41, 5.74) is 2.07. The summed E-state index contributed by atoms with van der Waals surface area (Å²) in [5, 5.41) is 9.08. The van der Waals surface area contributed by atoms with E-state index in [4.69, 9.17) is 9.84 Å². The summed E-state index contributed by atoms with van der Waals surface area (Å²) in [6.45, 7) is 4.33. The van der Waals surface area contributed by atoms with Crippen LogP contribution in [0.15, 0.2) is 11.1 Å². The Bertz CT molecular complexity index is 425. The Morgan fingerprint density at radius 2 is 1.71 bits per heavy atom. The number of ether oxygens (including phenoxy) is 1. The van der Waals surface area contributed by atoms with Gasteiger partial charge < -0.3 is 9.84 Å². The van der Waals surface area contributed by atoms with Gasteiger partial charge in [0.05, 0.1) is 6.42 Å². The number of carbonyl (C=O) groups excluding carboxylic acids is 1. The molecule has 1 N–H and O–H groups in total. The first-order valence-corrected chi connectivity index (χ1v) is 9.70. The van der Waals surface area contributed by atoms with Crippen molar-refractivity contribution < 1.29 is 19.4 Å². The van der Waals surface area contributed by atoms with E-state index in [1.807, 2.05) is 0 Å². The second kappa shape index (κ2) is 12.1. The SMILES string of the molecule is CCCCCCCC(=O)OC1CCC(CC(=O)O)=C1CCCCC. The maximum Gasteiger partial charge on any atom is 0.307 e. The molecule has 0 radical (unpaired) electrons. The van der Waals surface area contributed by atoms with Crippen LogP contribution in [0.1, 0.15) is 97.3 Å². The number of carbonyl (C=O) groups is 2. The van der Waals surface area contributed by atoms with E-state index in [1.54, 1.807) is 0 Å². The molecule has 138 valence electrons. The number of carboxylic acids is 1. The summed E-state index contributed by atoms with van der Waals surface area (Å²) in [5.74, 6) is -0.915. The van der Waals surface area contributed by atoms with Gasteiger partial charge in [0.25, 0.3) is 0 Å². The molecule has 1 rings (SSSR count). The van der Waals surface area contributed by atoms with Gasteiger partial charge in [0.2, 0.25) is 0 Å². The zero-order valence-corrected chi connectivity index (χ0v) is 15.4. The molecule has 0 aliphatic heterocycles. The lowest BCUT2D eigenvalue weighted by Gasteiger charge is -2.17. The lowest BCUT2D eigenvalue weighted by Crippen LogP contribution is -2.18. The van der Waals surface area contributed by atoms with E-state index in [9.17, 15) is 9.59 Å². The van der Waals surface area contributed by atoms with Gasteiger partial charge >= 0.3 is 11.9 Å². The molecule has 1 aliphatic carbocycles. The number of rotatable bonds is 13. The molecular formula is C20H34O4. The van der Waals surface area contributed by atoms with Crippen LogP contribution in [-0.4, -0.2) is 23.1 Å². The second-order valence-electron chi connectivity index (χ2n) is 6.84. The lowest BCUT2D eigenvalue weighted by molar-refractivity contribution is -0.147. The van der Waals surface area contributed by atoms with Gasteiger partial charge in [-0.2, -0.15) is 0 Å². The third kappa shape index (κ3) is 7.98. The normalized spacial score (nSPS) is 17.3. The zero-order valence-electron chi connectivity index (χ0n) is 15.4. The van der Waals surface area contributed by atoms with E-state index in [2.05, 4.69) is 13.8 Å². The van der Waals surface area contributed by atoms with Crippen molar-refractivity contribution in [2.45, 2.75) is 103 Å². The molecule has 4 heteroatoms. The van der Waals surface area contributed by atoms with Crippen molar-refractivity contribution in [2.24, 2.45) is 0 Å². The molecule has 0 spiro atoms. The lowest BCUT2D eigenvalue weighted by atomic mass is 10.0. The molecule has 0 aromatic heterocycles. The number of hydrogen-bond acceptors (Lipinski definition) is 3. The maximum absolute atomic E-state index is 12.1. The molecule has 1 unspecified atom stereocenters. The Morgan fingerprint density at radius 3 is 2.38 bits per heavy atom. The molecule has 0 saturated carbocycles. The monoisotopic (exact) mass is 338 g/mol. The highest BCUT2D eigenvalue weighted by atomic mass is 16.5. The first-order valence-electron chi connectivity index (χ1n) is 9.70. The molecule has 24 heavy (non-hydrogen) atoms. The van der Waals surface area contributed by atoms with Crippen LogP contribution in [-0.2, 0) is 14.3 Å². The van der Waals surface area contributed by atoms with Crippen LogP contribution in [0.2, 0.25) is 0 Å². The fourth-order valence-electron chi connectivity index (χ4n) is 3.38. The van der Waals surface area contributed by atoms with Gasteiger partial charge in [-0.1, -0.05) is 57.9 Å². The maximum atomic E-state index is 12.1. The van der Waals surface area contributed by atoms with Gasteiger partial charge in [-0.25, -0.2) is 0 Å². The van der Waals surface area contributed by atoms with Gasteiger partial charge in [-0.3, -0.25) is 9.59 Å². The molecule has 1 aliphatic rings. The van der Waals surface area contributed by atoms with Crippen LogP contribution < -0.4 is 0 Å². The first-order chi connectivity index (χ1) is 11.6. The first kappa shape index (κ1) is 20.7. The predicted octanol–water partition coefficient (Wildman–Crippen LogP) is 5.40. The van der Waals surface area contributed by atoms with E-state index in [1.165, 1.54) is 19.3 Å². The molecule has 0 bridgehead atoms. The summed E-state index contributed by atoms with van der Waals surface area (Å²) in [4.78, 5) is 23.1. The molecule has 0 fully saturated rings. The van der Waals surface area contributed by atoms with Crippen molar-refractivity contribution >= 4 is 11.9 Å². The third-order valence-corrected chi connectivity index (χ3v) is 4.72. The Hall–Kier alpha value is -1.32. The summed E-state index contributed by atoms with van der Waals surface area (Å²) >= 11 is 0. The van der Waals surface area contributed by atoms with Crippen molar-refractivity contribution in [1.82, 2.24) is 0 Å². The largest absolute Gasteiger partial charge is 0.481 e. The van der Waals surface area contributed by atoms with Crippen LogP contribution in [0.4, 0.5) is 0 Å². The van der Waals surface area contributed by atoms with Gasteiger partial charge in [0, 0.05) is 6.42 Å². The molecule has 0 aromatic rings. The fourth-order valence-corrected chi connectivity index (χ4v) is 3.38. The minimum absolute atomic E-state index is 0.0898. The highest BCUT2D eigenvalue weighted by Gasteiger charge is 2.28. The van der Waals surface area contributed by atoms with E-state index >= 15 is 0 Å². The minimum atomic E-state index is -0.791. The molecule has 0 heterocycles. The molecular weight excluding hydrogens is 304 g/mol. The van der Waals surface area contributed by atoms with E-state index in [0.717, 1.165) is 62.5 Å². The van der Waals surface area contributed by atoms with Gasteiger partial charge in [0.15, 0.2) is 0 Å². The van der Waals surface area contributed by atoms with Crippen LogP contribution in [0.25, 0.3) is 0 Å². The standard InChI is InChI=1S/C20H34O4/c1-3-5-7-8-10-12-20(23)24-18-14-13-16(15-19(21)22)17(18)11-9-6-4-2/h18H,3-15H2,1-2H3,(H,21,22). The van der Waals surface area contributed by atoms with Crippen molar-refractivity contribution in [3.8, 4) is 0 Å². The predicted molar refractivity (Wildman–Crippen MR) is 95.9 cm³/mol. The zero-order chi connectivity index (χ0) is 17.8. The number of esters is 1. The molecule has 1 atom stereocenters. The average molecular weight is 338 g/mol. The topological polar surface area (TPSA) is 63.6 Å². The highest BCUT2D eigenvalue weighted by molar-refractivity contribution is 5.71.